The van der Waals surface area contributed by atoms with E-state index in [1.165, 1.54) is 0 Å². The van der Waals surface area contributed by atoms with Gasteiger partial charge in [-0.25, -0.2) is 0 Å². The van der Waals surface area contributed by atoms with Crippen molar-refractivity contribution in [2.24, 2.45) is 0 Å². The summed E-state index contributed by atoms with van der Waals surface area (Å²) in [6, 6.07) is 0. The molecule has 0 amide bonds. The standard InChI is InChI=1S/C6H6N.Au/c1-2-4-6-7-5-3-1;/h1-5,7H;/q-1;+1. The Morgan fingerprint density at radius 1 is 1.12 bits per heavy atom. The fourth-order valence-corrected chi connectivity index (χ4v) is 0.368. The van der Waals surface area contributed by atoms with Crippen LogP contribution in [-0.4, -0.2) is 0 Å². The normalized spacial score (nSPS) is 14.0. The minimum atomic E-state index is 0. The predicted octanol–water partition coefficient (Wildman–Crippen LogP) is 0.974. The van der Waals surface area contributed by atoms with Gasteiger partial charge in [-0.1, -0.05) is 6.20 Å². The second kappa shape index (κ2) is 4.91. The number of hydrogen-bond donors (Lipinski definition) is 1. The molecule has 0 bridgehead atoms. The minimum Gasteiger partial charge on any atom is -0.474 e. The Morgan fingerprint density at radius 3 is 2.88 bits per heavy atom. The molecule has 1 rings (SSSR count). The van der Waals surface area contributed by atoms with E-state index >= 15 is 0 Å². The molecule has 46 valence electrons. The third kappa shape index (κ3) is 2.86. The van der Waals surface area contributed by atoms with Gasteiger partial charge in [-0.3, -0.25) is 0 Å². The molecule has 0 spiro atoms. The Balaban J connectivity index is 0.000000490. The van der Waals surface area contributed by atoms with Gasteiger partial charge in [0.1, 0.15) is 0 Å². The maximum atomic E-state index is 2.80. The van der Waals surface area contributed by atoms with Gasteiger partial charge in [0.25, 0.3) is 0 Å². The molecular weight excluding hydrogens is 283 g/mol. The van der Waals surface area contributed by atoms with E-state index in [4.69, 9.17) is 0 Å². The summed E-state index contributed by atoms with van der Waals surface area (Å²) >= 11 is 0. The first-order chi connectivity index (χ1) is 3.50. The molecule has 0 saturated carbocycles. The number of rotatable bonds is 0. The summed E-state index contributed by atoms with van der Waals surface area (Å²) < 4.78 is 0. The number of hydrogen-bond acceptors (Lipinski definition) is 1. The van der Waals surface area contributed by atoms with E-state index in [1.54, 1.807) is 0 Å². The molecule has 1 N–H and O–H groups in total. The quantitative estimate of drug-likeness (QED) is 0.518. The van der Waals surface area contributed by atoms with E-state index in [0.29, 0.717) is 0 Å². The van der Waals surface area contributed by atoms with Gasteiger partial charge < -0.3 is 5.32 Å². The maximum Gasteiger partial charge on any atom is 1.00 e. The summed E-state index contributed by atoms with van der Waals surface area (Å²) in [7, 11) is 0. The molecule has 2 heteroatoms. The summed E-state index contributed by atoms with van der Waals surface area (Å²) in [5, 5.41) is 2.80. The smallest absolute Gasteiger partial charge is 0.474 e. The third-order valence-corrected chi connectivity index (χ3v) is 0.665. The zero-order chi connectivity index (χ0) is 4.95. The molecule has 0 radical (unpaired) electrons. The van der Waals surface area contributed by atoms with Crippen molar-refractivity contribution in [2.75, 3.05) is 0 Å². The van der Waals surface area contributed by atoms with Gasteiger partial charge in [-0.2, -0.15) is 12.2 Å². The van der Waals surface area contributed by atoms with Crippen LogP contribution in [0, 0.1) is 6.20 Å². The van der Waals surface area contributed by atoms with Crippen molar-refractivity contribution in [1.82, 2.24) is 5.32 Å². The molecule has 0 aromatic carbocycles. The molecule has 1 aliphatic rings. The summed E-state index contributed by atoms with van der Waals surface area (Å²) in [5.41, 5.74) is 0. The molecule has 1 heterocycles. The van der Waals surface area contributed by atoms with Crippen LogP contribution < -0.4 is 5.32 Å². The largest absolute Gasteiger partial charge is 1.00 e. The monoisotopic (exact) mass is 289 g/mol. The Bertz CT molecular complexity index is 110. The van der Waals surface area contributed by atoms with Gasteiger partial charge in [-0.05, 0) is 0 Å². The van der Waals surface area contributed by atoms with E-state index < -0.39 is 0 Å². The first-order valence-electron chi connectivity index (χ1n) is 2.16. The molecule has 0 aromatic heterocycles. The molecule has 0 fully saturated rings. The van der Waals surface area contributed by atoms with Crippen molar-refractivity contribution < 1.29 is 22.4 Å². The third-order valence-electron chi connectivity index (χ3n) is 0.665. The van der Waals surface area contributed by atoms with Gasteiger partial charge in [0.15, 0.2) is 0 Å². The zero-order valence-corrected chi connectivity index (χ0v) is 6.35. The van der Waals surface area contributed by atoms with Crippen LogP contribution in [0.5, 0.6) is 0 Å². The number of nitrogens with one attached hydrogen (secondary N) is 1. The second-order valence-electron chi connectivity index (χ2n) is 1.20. The van der Waals surface area contributed by atoms with Gasteiger partial charge in [0.2, 0.25) is 0 Å². The molecule has 1 nitrogen and oxygen atoms in total. The van der Waals surface area contributed by atoms with E-state index in [9.17, 15) is 0 Å². The average molecular weight is 289 g/mol. The summed E-state index contributed by atoms with van der Waals surface area (Å²) in [4.78, 5) is 0. The maximum absolute atomic E-state index is 2.80. The van der Waals surface area contributed by atoms with Crippen molar-refractivity contribution in [3.8, 4) is 0 Å². The Morgan fingerprint density at radius 2 is 2.00 bits per heavy atom. The first-order valence-corrected chi connectivity index (χ1v) is 2.16. The van der Waals surface area contributed by atoms with E-state index in [-0.39, 0.29) is 22.4 Å². The average Bonchev–Trinajstić information content (AvgIpc) is 1.90. The summed E-state index contributed by atoms with van der Waals surface area (Å²) in [6.07, 6.45) is 12.2. The van der Waals surface area contributed by atoms with Crippen molar-refractivity contribution in [3.05, 3.63) is 36.7 Å². The van der Waals surface area contributed by atoms with E-state index in [1.807, 2.05) is 30.5 Å². The van der Waals surface area contributed by atoms with Crippen LogP contribution in [0.2, 0.25) is 0 Å². The SMILES string of the molecule is [Au+].[C-]1=CC=CC=CN1. The van der Waals surface area contributed by atoms with Gasteiger partial charge in [0, 0.05) is 0 Å². The summed E-state index contributed by atoms with van der Waals surface area (Å²) in [6.45, 7) is 0. The van der Waals surface area contributed by atoms with Crippen LogP contribution in [0.4, 0.5) is 0 Å². The molecule has 0 saturated heterocycles. The molecule has 0 aromatic rings. The molecule has 1 aliphatic heterocycles. The Kier molecular flexibility index (Phi) is 4.76. The molecule has 0 atom stereocenters. The molecule has 8 heavy (non-hydrogen) atoms. The van der Waals surface area contributed by atoms with Crippen LogP contribution in [0.25, 0.3) is 0 Å². The van der Waals surface area contributed by atoms with Crippen molar-refractivity contribution >= 4 is 0 Å². The fourth-order valence-electron chi connectivity index (χ4n) is 0.368. The molecular formula is C6H6AuN. The number of allylic oxidation sites excluding steroid dienone is 4. The van der Waals surface area contributed by atoms with Crippen molar-refractivity contribution in [2.45, 2.75) is 0 Å². The van der Waals surface area contributed by atoms with Crippen LogP contribution in [0.15, 0.2) is 30.5 Å². The molecule has 0 unspecified atom stereocenters. The second-order valence-corrected chi connectivity index (χ2v) is 1.20. The molecule has 0 aliphatic carbocycles. The van der Waals surface area contributed by atoms with Crippen molar-refractivity contribution in [1.29, 1.82) is 0 Å². The van der Waals surface area contributed by atoms with Crippen molar-refractivity contribution in [3.63, 3.8) is 0 Å². The van der Waals surface area contributed by atoms with Gasteiger partial charge in [0.05, 0.1) is 0 Å². The van der Waals surface area contributed by atoms with Crippen LogP contribution >= 0.6 is 0 Å². The van der Waals surface area contributed by atoms with Crippen LogP contribution in [0.1, 0.15) is 0 Å². The van der Waals surface area contributed by atoms with Gasteiger partial charge >= 0.3 is 22.4 Å². The van der Waals surface area contributed by atoms with Gasteiger partial charge in [-0.15, -0.1) is 18.4 Å². The predicted molar refractivity (Wildman–Crippen MR) is 29.2 cm³/mol. The minimum absolute atomic E-state index is 0. The van der Waals surface area contributed by atoms with E-state index in [0.717, 1.165) is 0 Å². The first kappa shape index (κ1) is 7.76. The summed E-state index contributed by atoms with van der Waals surface area (Å²) in [5.74, 6) is 0. The topological polar surface area (TPSA) is 12.0 Å². The fraction of sp³-hybridized carbons (Fsp3) is 0. The van der Waals surface area contributed by atoms with E-state index in [2.05, 4.69) is 11.5 Å². The zero-order valence-electron chi connectivity index (χ0n) is 4.19. The Hall–Kier alpha value is -0.240. The van der Waals surface area contributed by atoms with Crippen LogP contribution in [-0.2, 0) is 22.4 Å². The van der Waals surface area contributed by atoms with Crippen LogP contribution in [0.3, 0.4) is 0 Å². The Labute approximate surface area is 64.7 Å².